The summed E-state index contributed by atoms with van der Waals surface area (Å²) in [7, 11) is 0. The summed E-state index contributed by atoms with van der Waals surface area (Å²) in [4.78, 5) is 36.8. The third kappa shape index (κ3) is 4.61. The number of carbonyl (C=O) groups excluding carboxylic acids is 2. The van der Waals surface area contributed by atoms with Gasteiger partial charge in [0.05, 0.1) is 6.54 Å². The first kappa shape index (κ1) is 14.5. The lowest BCUT2D eigenvalue weighted by molar-refractivity contribution is -0.120. The van der Waals surface area contributed by atoms with Crippen molar-refractivity contribution >= 4 is 11.8 Å². The lowest BCUT2D eigenvalue weighted by Crippen LogP contribution is -2.37. The first-order valence-corrected chi connectivity index (χ1v) is 6.43. The van der Waals surface area contributed by atoms with Gasteiger partial charge in [0.25, 0.3) is 5.91 Å². The Morgan fingerprint density at radius 1 is 0.952 bits per heavy atom. The van der Waals surface area contributed by atoms with Gasteiger partial charge in [-0.15, -0.1) is 0 Å². The van der Waals surface area contributed by atoms with E-state index in [1.54, 1.807) is 0 Å². The monoisotopic (exact) mass is 285 g/mol. The molecule has 0 radical (unpaired) electrons. The maximum Gasteiger partial charge on any atom is 0.268 e. The average molecular weight is 285 g/mol. The Bertz CT molecular complexity index is 680. The Balaban J connectivity index is 1.79. The molecule has 3 N–H and O–H groups in total. The highest BCUT2D eigenvalue weighted by Gasteiger charge is 2.08. The fourth-order valence-corrected chi connectivity index (χ4v) is 1.70. The highest BCUT2D eigenvalue weighted by Crippen LogP contribution is 1.96. The van der Waals surface area contributed by atoms with Crippen molar-refractivity contribution in [2.75, 3.05) is 6.54 Å². The van der Waals surface area contributed by atoms with Crippen LogP contribution in [-0.2, 0) is 11.3 Å². The van der Waals surface area contributed by atoms with Gasteiger partial charge in [-0.05, 0) is 11.6 Å². The largest absolute Gasteiger partial charge is 0.350 e. The van der Waals surface area contributed by atoms with Crippen molar-refractivity contribution in [3.8, 4) is 0 Å². The molecular weight excluding hydrogens is 270 g/mol. The minimum atomic E-state index is -0.498. The van der Waals surface area contributed by atoms with Crippen LogP contribution in [-0.4, -0.2) is 23.3 Å². The van der Waals surface area contributed by atoms with E-state index in [0.717, 1.165) is 5.56 Å². The Hall–Kier alpha value is -2.89. The number of rotatable bonds is 5. The summed E-state index contributed by atoms with van der Waals surface area (Å²) in [6.07, 6.45) is 0. The van der Waals surface area contributed by atoms with Gasteiger partial charge in [-0.2, -0.15) is 0 Å². The molecule has 2 amide bonds. The van der Waals surface area contributed by atoms with Gasteiger partial charge in [-0.3, -0.25) is 14.4 Å². The molecule has 108 valence electrons. The molecule has 6 heteroatoms. The van der Waals surface area contributed by atoms with Gasteiger partial charge in [0.2, 0.25) is 11.5 Å². The molecule has 0 saturated carbocycles. The van der Waals surface area contributed by atoms with Crippen LogP contribution in [0.4, 0.5) is 0 Å². The summed E-state index contributed by atoms with van der Waals surface area (Å²) in [6.45, 7) is 0.250. The number of aromatic nitrogens is 1. The van der Waals surface area contributed by atoms with Gasteiger partial charge in [-0.1, -0.05) is 36.4 Å². The standard InChI is InChI=1S/C15H15N3O3/c19-13-8-4-7-12(18-13)15(21)17-10-14(20)16-9-11-5-2-1-3-6-11/h1-8H,9-10H2,(H,16,20)(H,17,21)(H,18,19). The number of amides is 2. The van der Waals surface area contributed by atoms with Crippen LogP contribution >= 0.6 is 0 Å². The van der Waals surface area contributed by atoms with Crippen LogP contribution in [0.1, 0.15) is 16.1 Å². The van der Waals surface area contributed by atoms with Gasteiger partial charge in [0, 0.05) is 12.6 Å². The zero-order valence-corrected chi connectivity index (χ0v) is 11.3. The van der Waals surface area contributed by atoms with E-state index in [9.17, 15) is 14.4 Å². The summed E-state index contributed by atoms with van der Waals surface area (Å²) in [5, 5.41) is 5.13. The number of hydrogen-bond donors (Lipinski definition) is 3. The van der Waals surface area contributed by atoms with E-state index in [-0.39, 0.29) is 23.7 Å². The molecule has 0 fully saturated rings. The lowest BCUT2D eigenvalue weighted by atomic mass is 10.2. The molecule has 0 unspecified atom stereocenters. The van der Waals surface area contributed by atoms with Gasteiger partial charge in [0.15, 0.2) is 0 Å². The number of aromatic amines is 1. The van der Waals surface area contributed by atoms with Crippen molar-refractivity contribution in [1.82, 2.24) is 15.6 Å². The van der Waals surface area contributed by atoms with Crippen LogP contribution in [0.2, 0.25) is 0 Å². The third-order valence-corrected chi connectivity index (χ3v) is 2.75. The highest BCUT2D eigenvalue weighted by atomic mass is 16.2. The van der Waals surface area contributed by atoms with Crippen molar-refractivity contribution in [3.63, 3.8) is 0 Å². The second kappa shape index (κ2) is 7.04. The maximum absolute atomic E-state index is 11.7. The molecule has 21 heavy (non-hydrogen) atoms. The fourth-order valence-electron chi connectivity index (χ4n) is 1.70. The van der Waals surface area contributed by atoms with Gasteiger partial charge in [-0.25, -0.2) is 0 Å². The molecule has 0 atom stereocenters. The molecule has 0 aliphatic carbocycles. The van der Waals surface area contributed by atoms with Crippen molar-refractivity contribution in [2.45, 2.75) is 6.54 Å². The molecule has 1 aromatic heterocycles. The fraction of sp³-hybridized carbons (Fsp3) is 0.133. The number of carbonyl (C=O) groups is 2. The van der Waals surface area contributed by atoms with E-state index >= 15 is 0 Å². The normalized spacial score (nSPS) is 9.90. The summed E-state index contributed by atoms with van der Waals surface area (Å²) >= 11 is 0. The maximum atomic E-state index is 11.7. The number of benzene rings is 1. The summed E-state index contributed by atoms with van der Waals surface area (Å²) in [6, 6.07) is 13.7. The van der Waals surface area contributed by atoms with Crippen LogP contribution in [0.3, 0.4) is 0 Å². The first-order valence-electron chi connectivity index (χ1n) is 6.43. The minimum Gasteiger partial charge on any atom is -0.350 e. The summed E-state index contributed by atoms with van der Waals surface area (Å²) in [5.41, 5.74) is 0.735. The van der Waals surface area contributed by atoms with E-state index < -0.39 is 5.91 Å². The molecule has 0 aliphatic rings. The van der Waals surface area contributed by atoms with Crippen molar-refractivity contribution in [1.29, 1.82) is 0 Å². The predicted octanol–water partition coefficient (Wildman–Crippen LogP) is 0.421. The zero-order chi connectivity index (χ0) is 15.1. The van der Waals surface area contributed by atoms with E-state index in [1.807, 2.05) is 30.3 Å². The molecule has 1 aromatic carbocycles. The number of pyridine rings is 1. The smallest absolute Gasteiger partial charge is 0.268 e. The zero-order valence-electron chi connectivity index (χ0n) is 11.3. The first-order chi connectivity index (χ1) is 10.1. The van der Waals surface area contributed by atoms with E-state index in [2.05, 4.69) is 15.6 Å². The molecule has 0 spiro atoms. The molecule has 0 saturated heterocycles. The summed E-state index contributed by atoms with van der Waals surface area (Å²) < 4.78 is 0. The highest BCUT2D eigenvalue weighted by molar-refractivity contribution is 5.94. The van der Waals surface area contributed by atoms with E-state index in [4.69, 9.17) is 0 Å². The summed E-state index contributed by atoms with van der Waals surface area (Å²) in [5.74, 6) is -0.798. The molecule has 0 bridgehead atoms. The van der Waals surface area contributed by atoms with Gasteiger partial charge < -0.3 is 15.6 Å². The number of hydrogen-bond acceptors (Lipinski definition) is 3. The second-order valence-electron chi connectivity index (χ2n) is 4.37. The molecular formula is C15H15N3O3. The van der Waals surface area contributed by atoms with Crippen LogP contribution in [0.25, 0.3) is 0 Å². The second-order valence-corrected chi connectivity index (χ2v) is 4.37. The van der Waals surface area contributed by atoms with E-state index in [0.29, 0.717) is 6.54 Å². The van der Waals surface area contributed by atoms with Gasteiger partial charge in [0.1, 0.15) is 5.69 Å². The van der Waals surface area contributed by atoms with Crippen LogP contribution in [0.5, 0.6) is 0 Å². The van der Waals surface area contributed by atoms with Crippen LogP contribution in [0.15, 0.2) is 53.3 Å². The Morgan fingerprint density at radius 3 is 2.43 bits per heavy atom. The molecule has 2 rings (SSSR count). The quantitative estimate of drug-likeness (QED) is 0.743. The topological polar surface area (TPSA) is 91.1 Å². The minimum absolute atomic E-state index is 0.123. The SMILES string of the molecule is O=C(CNC(=O)c1cccc(=O)[nH]1)NCc1ccccc1. The predicted molar refractivity (Wildman–Crippen MR) is 77.7 cm³/mol. The van der Waals surface area contributed by atoms with Crippen LogP contribution in [0, 0.1) is 0 Å². The molecule has 2 aromatic rings. The van der Waals surface area contributed by atoms with Crippen molar-refractivity contribution < 1.29 is 9.59 Å². The Kier molecular flexibility index (Phi) is 4.87. The van der Waals surface area contributed by atoms with Gasteiger partial charge >= 0.3 is 0 Å². The Morgan fingerprint density at radius 2 is 1.71 bits per heavy atom. The number of nitrogens with one attached hydrogen (secondary N) is 3. The molecule has 6 nitrogen and oxygen atoms in total. The molecule has 0 aliphatic heterocycles. The average Bonchev–Trinajstić information content (AvgIpc) is 2.51. The van der Waals surface area contributed by atoms with Crippen molar-refractivity contribution in [2.24, 2.45) is 0 Å². The molecule has 1 heterocycles. The Labute approximate surface area is 121 Å². The van der Waals surface area contributed by atoms with Crippen molar-refractivity contribution in [3.05, 3.63) is 70.1 Å². The third-order valence-electron chi connectivity index (χ3n) is 2.75. The lowest BCUT2D eigenvalue weighted by Gasteiger charge is -2.07. The van der Waals surface area contributed by atoms with E-state index in [1.165, 1.54) is 18.2 Å². The van der Waals surface area contributed by atoms with Crippen LogP contribution < -0.4 is 16.2 Å². The number of H-pyrrole nitrogens is 1.